The number of halogens is 4. The Balaban J connectivity index is 1.86. The number of hydrogen-bond donors (Lipinski definition) is 3. The third-order valence-electron chi connectivity index (χ3n) is 5.07. The Labute approximate surface area is 177 Å². The Morgan fingerprint density at radius 3 is 2.55 bits per heavy atom. The largest absolute Gasteiger partial charge is 0.494 e. The molecule has 0 spiro atoms. The Hall–Kier alpha value is -3.07. The molecule has 0 atom stereocenters. The van der Waals surface area contributed by atoms with Gasteiger partial charge >= 0.3 is 6.18 Å². The van der Waals surface area contributed by atoms with E-state index in [1.54, 1.807) is 0 Å². The first-order chi connectivity index (χ1) is 14.7. The van der Waals surface area contributed by atoms with Gasteiger partial charge in [0.15, 0.2) is 5.88 Å². The molecule has 0 amide bonds. The maximum absolute atomic E-state index is 13.6. The van der Waals surface area contributed by atoms with Crippen LogP contribution in [0.15, 0.2) is 41.4 Å². The zero-order chi connectivity index (χ0) is 22.6. The van der Waals surface area contributed by atoms with Crippen molar-refractivity contribution in [1.29, 1.82) is 0 Å². The Bertz CT molecular complexity index is 1070. The van der Waals surface area contributed by atoms with Crippen LogP contribution in [0, 0.1) is 5.82 Å². The minimum Gasteiger partial charge on any atom is -0.494 e. The fourth-order valence-electron chi connectivity index (χ4n) is 3.33. The molecule has 0 bridgehead atoms. The molecule has 5 nitrogen and oxygen atoms in total. The van der Waals surface area contributed by atoms with Crippen molar-refractivity contribution in [3.63, 3.8) is 0 Å². The summed E-state index contributed by atoms with van der Waals surface area (Å²) in [6.07, 6.45) is -3.34. The molecule has 0 unspecified atom stereocenters. The Morgan fingerprint density at radius 2 is 1.87 bits per heavy atom. The van der Waals surface area contributed by atoms with E-state index in [4.69, 9.17) is 0 Å². The maximum atomic E-state index is 13.6. The van der Waals surface area contributed by atoms with Gasteiger partial charge in [-0.05, 0) is 49.5 Å². The zero-order valence-corrected chi connectivity index (χ0v) is 17.2. The third kappa shape index (κ3) is 5.35. The number of aliphatic imine (C=N–C) groups is 1. The maximum Gasteiger partial charge on any atom is 0.418 e. The first-order valence-electron chi connectivity index (χ1n) is 9.94. The van der Waals surface area contributed by atoms with Gasteiger partial charge in [0.05, 0.1) is 16.8 Å². The molecule has 1 aromatic heterocycles. The van der Waals surface area contributed by atoms with Gasteiger partial charge in [-0.25, -0.2) is 4.39 Å². The number of anilines is 1. The van der Waals surface area contributed by atoms with Gasteiger partial charge in [-0.1, -0.05) is 13.8 Å². The molecule has 0 aliphatic heterocycles. The zero-order valence-electron chi connectivity index (χ0n) is 17.2. The highest BCUT2D eigenvalue weighted by molar-refractivity contribution is 6.02. The van der Waals surface area contributed by atoms with Crippen LogP contribution in [0.1, 0.15) is 25.0 Å². The molecule has 1 heterocycles. The van der Waals surface area contributed by atoms with Crippen LogP contribution in [0.5, 0.6) is 5.88 Å². The van der Waals surface area contributed by atoms with Crippen molar-refractivity contribution in [2.75, 3.05) is 31.5 Å². The molecule has 0 radical (unpaired) electrons. The molecule has 31 heavy (non-hydrogen) atoms. The first-order valence-corrected chi connectivity index (χ1v) is 9.94. The fourth-order valence-corrected chi connectivity index (χ4v) is 3.33. The number of rotatable bonds is 8. The predicted octanol–water partition coefficient (Wildman–Crippen LogP) is 5.54. The smallest absolute Gasteiger partial charge is 0.418 e. The monoisotopic (exact) mass is 436 g/mol. The van der Waals surface area contributed by atoms with Crippen molar-refractivity contribution in [2.45, 2.75) is 20.0 Å². The van der Waals surface area contributed by atoms with Gasteiger partial charge in [0.25, 0.3) is 0 Å². The summed E-state index contributed by atoms with van der Waals surface area (Å²) in [6, 6.07) is 7.66. The van der Waals surface area contributed by atoms with Crippen LogP contribution < -0.4 is 5.32 Å². The molecule has 3 aromatic rings. The van der Waals surface area contributed by atoms with Crippen molar-refractivity contribution in [3.05, 3.63) is 53.3 Å². The van der Waals surface area contributed by atoms with Crippen molar-refractivity contribution in [2.24, 2.45) is 4.99 Å². The van der Waals surface area contributed by atoms with Gasteiger partial charge in [0.2, 0.25) is 0 Å². The number of aromatic amines is 1. The van der Waals surface area contributed by atoms with Crippen LogP contribution in [0.4, 0.5) is 28.9 Å². The predicted molar refractivity (Wildman–Crippen MR) is 115 cm³/mol. The van der Waals surface area contributed by atoms with Crippen molar-refractivity contribution in [3.8, 4) is 5.88 Å². The molecule has 0 aliphatic rings. The average molecular weight is 436 g/mol. The molecule has 3 rings (SSSR count). The lowest BCUT2D eigenvalue weighted by Gasteiger charge is -2.20. The lowest BCUT2D eigenvalue weighted by Crippen LogP contribution is -2.29. The Kier molecular flexibility index (Phi) is 6.84. The third-order valence-corrected chi connectivity index (χ3v) is 5.07. The summed E-state index contributed by atoms with van der Waals surface area (Å²) in [5, 5.41) is 13.3. The van der Waals surface area contributed by atoms with E-state index in [1.807, 2.05) is 13.8 Å². The fraction of sp³-hybridized carbons (Fsp3) is 0.318. The molecule has 2 aromatic carbocycles. The van der Waals surface area contributed by atoms with E-state index in [9.17, 15) is 22.7 Å². The highest BCUT2D eigenvalue weighted by atomic mass is 19.4. The van der Waals surface area contributed by atoms with Gasteiger partial charge in [-0.15, -0.1) is 0 Å². The number of fused-ring (bicyclic) bond motifs is 1. The number of aromatic hydroxyl groups is 1. The number of likely N-dealkylation sites (N-methyl/N-ethyl adjacent to an activating group) is 1. The SMILES string of the molecule is CCN(CC)CCNc1ccc(N=Cc2c(O)[nH]c3ccc(F)cc23)cc1C(F)(F)F. The second-order valence-corrected chi connectivity index (χ2v) is 7.02. The minimum atomic E-state index is -4.56. The molecule has 9 heteroatoms. The number of H-pyrrole nitrogens is 1. The van der Waals surface area contributed by atoms with Crippen molar-refractivity contribution >= 4 is 28.5 Å². The van der Waals surface area contributed by atoms with E-state index in [0.29, 0.717) is 24.0 Å². The van der Waals surface area contributed by atoms with Crippen molar-refractivity contribution in [1.82, 2.24) is 9.88 Å². The summed E-state index contributed by atoms with van der Waals surface area (Å²) in [4.78, 5) is 8.86. The molecule has 0 aliphatic carbocycles. The minimum absolute atomic E-state index is 0.0179. The molecular weight excluding hydrogens is 412 g/mol. The van der Waals surface area contributed by atoms with E-state index < -0.39 is 17.6 Å². The quantitative estimate of drug-likeness (QED) is 0.321. The lowest BCUT2D eigenvalue weighted by molar-refractivity contribution is -0.136. The summed E-state index contributed by atoms with van der Waals surface area (Å²) in [6.45, 7) is 6.64. The highest BCUT2D eigenvalue weighted by Crippen LogP contribution is 2.37. The van der Waals surface area contributed by atoms with Crippen LogP contribution in [0.2, 0.25) is 0 Å². The van der Waals surface area contributed by atoms with Gasteiger partial charge in [0.1, 0.15) is 5.82 Å². The van der Waals surface area contributed by atoms with E-state index in [1.165, 1.54) is 36.5 Å². The molecule has 0 saturated heterocycles. The number of nitrogens with zero attached hydrogens (tertiary/aromatic N) is 2. The van der Waals surface area contributed by atoms with E-state index in [0.717, 1.165) is 19.2 Å². The molecule has 3 N–H and O–H groups in total. The van der Waals surface area contributed by atoms with Crippen LogP contribution in [0.3, 0.4) is 0 Å². The van der Waals surface area contributed by atoms with E-state index in [2.05, 4.69) is 20.2 Å². The van der Waals surface area contributed by atoms with Gasteiger partial charge in [0, 0.05) is 35.9 Å². The number of hydrogen-bond acceptors (Lipinski definition) is 4. The molecular formula is C22H24F4N4O. The first kappa shape index (κ1) is 22.6. The normalized spacial score (nSPS) is 12.4. The standard InChI is InChI=1S/C22H24F4N4O/c1-3-30(4-2)10-9-27-20-8-6-15(12-18(20)22(24,25)26)28-13-17-16-11-14(23)5-7-19(16)29-21(17)31/h5-8,11-13,27,29,31H,3-4,9-10H2,1-2H3. The summed E-state index contributed by atoms with van der Waals surface area (Å²) in [5.41, 5.74) is -0.0909. The Morgan fingerprint density at radius 1 is 1.13 bits per heavy atom. The van der Waals surface area contributed by atoms with Gasteiger partial charge in [-0.3, -0.25) is 4.99 Å². The highest BCUT2D eigenvalue weighted by Gasteiger charge is 2.33. The summed E-state index contributed by atoms with van der Waals surface area (Å²) in [7, 11) is 0. The second kappa shape index (κ2) is 9.38. The topological polar surface area (TPSA) is 63.6 Å². The molecule has 0 saturated carbocycles. The summed E-state index contributed by atoms with van der Waals surface area (Å²) >= 11 is 0. The van der Waals surface area contributed by atoms with Crippen LogP contribution >= 0.6 is 0 Å². The summed E-state index contributed by atoms with van der Waals surface area (Å²) in [5.74, 6) is -0.740. The van der Waals surface area contributed by atoms with Crippen molar-refractivity contribution < 1.29 is 22.7 Å². The van der Waals surface area contributed by atoms with Crippen LogP contribution in [0.25, 0.3) is 10.9 Å². The van der Waals surface area contributed by atoms with Crippen LogP contribution in [-0.2, 0) is 6.18 Å². The molecule has 0 fully saturated rings. The number of alkyl halides is 3. The number of benzene rings is 2. The van der Waals surface area contributed by atoms with Gasteiger partial charge in [-0.2, -0.15) is 13.2 Å². The molecule has 166 valence electrons. The van der Waals surface area contributed by atoms with E-state index >= 15 is 0 Å². The second-order valence-electron chi connectivity index (χ2n) is 7.02. The van der Waals surface area contributed by atoms with Gasteiger partial charge < -0.3 is 20.3 Å². The number of nitrogens with one attached hydrogen (secondary N) is 2. The summed E-state index contributed by atoms with van der Waals surface area (Å²) < 4.78 is 54.3. The van der Waals surface area contributed by atoms with Crippen LogP contribution in [-0.4, -0.2) is 47.4 Å². The number of aromatic nitrogens is 1. The average Bonchev–Trinajstić information content (AvgIpc) is 3.03. The van der Waals surface area contributed by atoms with E-state index in [-0.39, 0.29) is 22.8 Å². The lowest BCUT2D eigenvalue weighted by atomic mass is 10.1.